The molecule has 0 saturated heterocycles. The number of aryl methyl sites for hydroxylation is 1. The zero-order valence-corrected chi connectivity index (χ0v) is 28.8. The topological polar surface area (TPSA) is 120 Å². The number of amides is 2. The van der Waals surface area contributed by atoms with Gasteiger partial charge in [0, 0.05) is 25.5 Å². The standard InChI is InChI=1S/C39H48N4O5/c1-7-43(41)35-20-19-34(27(3)38(35)40)37(28(4)39(45)42(25-44)36(24-46-5)30-11-9-8-10-12-30)31-16-13-26(2)32(21-31)23-48-22-29-14-17-33(47-6)18-15-29/h8-21,25,28,36-37H,7,22-24,40-41H2,1-6H3/t28?,36-,37?/m0/s1. The van der Waals surface area contributed by atoms with E-state index in [9.17, 15) is 9.59 Å². The van der Waals surface area contributed by atoms with Gasteiger partial charge in [0.25, 0.3) is 0 Å². The predicted octanol–water partition coefficient (Wildman–Crippen LogP) is 6.45. The molecule has 0 fully saturated rings. The highest BCUT2D eigenvalue weighted by Crippen LogP contribution is 2.40. The summed E-state index contributed by atoms with van der Waals surface area (Å²) in [7, 11) is 3.20. The summed E-state index contributed by atoms with van der Waals surface area (Å²) in [5.74, 6) is 5.62. The first kappa shape index (κ1) is 36.1. The Kier molecular flexibility index (Phi) is 12.7. The van der Waals surface area contributed by atoms with Crippen LogP contribution in [0.25, 0.3) is 0 Å². The average Bonchev–Trinajstić information content (AvgIpc) is 3.11. The van der Waals surface area contributed by atoms with Crippen LogP contribution in [0.3, 0.4) is 0 Å². The van der Waals surface area contributed by atoms with Gasteiger partial charge in [-0.2, -0.15) is 0 Å². The predicted molar refractivity (Wildman–Crippen MR) is 190 cm³/mol. The first-order valence-electron chi connectivity index (χ1n) is 16.2. The van der Waals surface area contributed by atoms with E-state index < -0.39 is 17.9 Å². The molecule has 48 heavy (non-hydrogen) atoms. The molecule has 0 heterocycles. The minimum atomic E-state index is -0.654. The Morgan fingerprint density at radius 1 is 0.917 bits per heavy atom. The van der Waals surface area contributed by atoms with Crippen molar-refractivity contribution in [2.75, 3.05) is 38.1 Å². The fourth-order valence-corrected chi connectivity index (χ4v) is 6.09. The average molecular weight is 653 g/mol. The number of hydrogen-bond acceptors (Lipinski definition) is 8. The normalized spacial score (nSPS) is 13.0. The highest BCUT2D eigenvalue weighted by Gasteiger charge is 2.35. The molecule has 0 aliphatic rings. The van der Waals surface area contributed by atoms with Gasteiger partial charge in [0.05, 0.1) is 44.3 Å². The molecule has 0 spiro atoms. The number of anilines is 2. The van der Waals surface area contributed by atoms with Crippen LogP contribution in [0, 0.1) is 19.8 Å². The molecule has 0 aliphatic carbocycles. The highest BCUT2D eigenvalue weighted by molar-refractivity contribution is 5.89. The van der Waals surface area contributed by atoms with Crippen molar-refractivity contribution in [2.24, 2.45) is 11.8 Å². The van der Waals surface area contributed by atoms with E-state index in [2.05, 4.69) is 6.07 Å². The molecule has 0 aromatic heterocycles. The van der Waals surface area contributed by atoms with Gasteiger partial charge in [0.1, 0.15) is 5.75 Å². The van der Waals surface area contributed by atoms with E-state index in [0.29, 0.717) is 37.5 Å². The summed E-state index contributed by atoms with van der Waals surface area (Å²) < 4.78 is 16.9. The van der Waals surface area contributed by atoms with Crippen molar-refractivity contribution in [3.63, 3.8) is 0 Å². The number of carbonyl (C=O) groups is 2. The molecular formula is C39H48N4O5. The first-order chi connectivity index (χ1) is 23.1. The molecule has 4 rings (SSSR count). The van der Waals surface area contributed by atoms with Gasteiger partial charge in [-0.3, -0.25) is 14.5 Å². The minimum absolute atomic E-state index is 0.163. The smallest absolute Gasteiger partial charge is 0.233 e. The Morgan fingerprint density at radius 2 is 1.62 bits per heavy atom. The molecule has 2 unspecified atom stereocenters. The number of hydrazine groups is 1. The van der Waals surface area contributed by atoms with Crippen LogP contribution in [0.1, 0.15) is 64.8 Å². The second-order valence-electron chi connectivity index (χ2n) is 12.0. The number of benzene rings is 4. The van der Waals surface area contributed by atoms with E-state index in [1.165, 1.54) is 4.90 Å². The van der Waals surface area contributed by atoms with Gasteiger partial charge in [-0.15, -0.1) is 0 Å². The van der Waals surface area contributed by atoms with Crippen LogP contribution < -0.4 is 21.3 Å². The number of imide groups is 1. The largest absolute Gasteiger partial charge is 0.497 e. The van der Waals surface area contributed by atoms with Gasteiger partial charge in [-0.05, 0) is 77.9 Å². The van der Waals surface area contributed by atoms with E-state index >= 15 is 0 Å². The molecule has 0 radical (unpaired) electrons. The van der Waals surface area contributed by atoms with Gasteiger partial charge in [-0.25, -0.2) is 5.84 Å². The summed E-state index contributed by atoms with van der Waals surface area (Å²) in [4.78, 5) is 28.4. The summed E-state index contributed by atoms with van der Waals surface area (Å²) in [6, 6.07) is 26.7. The first-order valence-corrected chi connectivity index (χ1v) is 16.2. The molecule has 0 bridgehead atoms. The van der Waals surface area contributed by atoms with Crippen LogP contribution >= 0.6 is 0 Å². The number of ether oxygens (including phenoxy) is 3. The minimum Gasteiger partial charge on any atom is -0.497 e. The van der Waals surface area contributed by atoms with Gasteiger partial charge >= 0.3 is 0 Å². The molecular weight excluding hydrogens is 604 g/mol. The molecule has 9 nitrogen and oxygen atoms in total. The van der Waals surface area contributed by atoms with E-state index in [1.807, 2.05) is 107 Å². The molecule has 3 atom stereocenters. The Morgan fingerprint density at radius 3 is 2.25 bits per heavy atom. The zero-order chi connectivity index (χ0) is 34.8. The van der Waals surface area contributed by atoms with Crippen LogP contribution in [0.4, 0.5) is 11.4 Å². The summed E-state index contributed by atoms with van der Waals surface area (Å²) in [6.45, 7) is 9.36. The monoisotopic (exact) mass is 652 g/mol. The van der Waals surface area contributed by atoms with Crippen LogP contribution in [0.15, 0.2) is 84.9 Å². The van der Waals surface area contributed by atoms with Gasteiger partial charge in [0.2, 0.25) is 12.3 Å². The molecule has 2 amide bonds. The Hall–Kier alpha value is -4.70. The fourth-order valence-electron chi connectivity index (χ4n) is 6.09. The number of methoxy groups -OCH3 is 2. The number of rotatable bonds is 16. The molecule has 9 heteroatoms. The number of nitrogens with zero attached hydrogens (tertiary/aromatic N) is 2. The lowest BCUT2D eigenvalue weighted by atomic mass is 9.78. The van der Waals surface area contributed by atoms with Crippen molar-refractivity contribution in [1.82, 2.24) is 4.90 Å². The maximum Gasteiger partial charge on any atom is 0.233 e. The van der Waals surface area contributed by atoms with E-state index in [1.54, 1.807) is 19.2 Å². The summed E-state index contributed by atoms with van der Waals surface area (Å²) in [5.41, 5.74) is 14.5. The van der Waals surface area contributed by atoms with Crippen molar-refractivity contribution in [3.8, 4) is 5.75 Å². The highest BCUT2D eigenvalue weighted by atomic mass is 16.5. The third kappa shape index (κ3) is 8.23. The lowest BCUT2D eigenvalue weighted by Crippen LogP contribution is -2.41. The summed E-state index contributed by atoms with van der Waals surface area (Å²) in [6.07, 6.45) is 0.609. The Bertz CT molecular complexity index is 1660. The molecule has 4 aromatic carbocycles. The maximum absolute atomic E-state index is 14.4. The Labute approximate surface area is 284 Å². The van der Waals surface area contributed by atoms with Gasteiger partial charge in [0.15, 0.2) is 0 Å². The molecule has 4 aromatic rings. The number of nitrogen functional groups attached to an aromatic ring is 1. The molecule has 0 aliphatic heterocycles. The van der Waals surface area contributed by atoms with Crippen molar-refractivity contribution in [2.45, 2.75) is 52.9 Å². The zero-order valence-electron chi connectivity index (χ0n) is 28.8. The van der Waals surface area contributed by atoms with Crippen molar-refractivity contribution in [3.05, 3.63) is 124 Å². The SMILES string of the molecule is CCN(N)c1ccc(C(c2ccc(C)c(COCc3ccc(OC)cc3)c2)C(C)C(=O)N(C=O)[C@@H](COC)c2ccccc2)c(C)c1N. The van der Waals surface area contributed by atoms with E-state index in [0.717, 1.165) is 44.7 Å². The van der Waals surface area contributed by atoms with Crippen LogP contribution in [-0.2, 0) is 32.3 Å². The van der Waals surface area contributed by atoms with Crippen LogP contribution in [0.5, 0.6) is 5.75 Å². The van der Waals surface area contributed by atoms with Crippen molar-refractivity contribution in [1.29, 1.82) is 0 Å². The molecule has 0 saturated carbocycles. The molecule has 4 N–H and O–H groups in total. The van der Waals surface area contributed by atoms with Crippen molar-refractivity contribution < 1.29 is 23.8 Å². The van der Waals surface area contributed by atoms with Crippen LogP contribution in [-0.4, -0.2) is 44.6 Å². The second-order valence-corrected chi connectivity index (χ2v) is 12.0. The van der Waals surface area contributed by atoms with Crippen LogP contribution in [0.2, 0.25) is 0 Å². The van der Waals surface area contributed by atoms with E-state index in [4.69, 9.17) is 25.8 Å². The van der Waals surface area contributed by atoms with E-state index in [-0.39, 0.29) is 12.5 Å². The lowest BCUT2D eigenvalue weighted by molar-refractivity contribution is -0.145. The van der Waals surface area contributed by atoms with Gasteiger partial charge < -0.3 is 25.0 Å². The van der Waals surface area contributed by atoms with Crippen molar-refractivity contribution >= 4 is 23.7 Å². The maximum atomic E-state index is 14.4. The second kappa shape index (κ2) is 16.9. The lowest BCUT2D eigenvalue weighted by Gasteiger charge is -2.33. The number of hydrogen-bond donors (Lipinski definition) is 2. The fraction of sp³-hybridized carbons (Fsp3) is 0.333. The van der Waals surface area contributed by atoms with Gasteiger partial charge in [-0.1, -0.05) is 73.7 Å². The Balaban J connectivity index is 1.74. The third-order valence-corrected chi connectivity index (χ3v) is 9.04. The number of carbonyl (C=O) groups excluding carboxylic acids is 2. The summed E-state index contributed by atoms with van der Waals surface area (Å²) in [5, 5.41) is 1.60. The quantitative estimate of drug-likeness (QED) is 0.0613. The number of nitrogens with two attached hydrogens (primary N) is 2. The third-order valence-electron chi connectivity index (χ3n) is 9.04. The summed E-state index contributed by atoms with van der Waals surface area (Å²) >= 11 is 0. The molecule has 254 valence electrons.